The summed E-state index contributed by atoms with van der Waals surface area (Å²) in [6.45, 7) is 2.82. The molecule has 1 aromatic carbocycles. The quantitative estimate of drug-likeness (QED) is 0.726. The van der Waals surface area contributed by atoms with Crippen molar-refractivity contribution in [3.8, 4) is 0 Å². The number of benzene rings is 1. The molecule has 2 unspecified atom stereocenters. The van der Waals surface area contributed by atoms with Crippen LogP contribution in [0.5, 0.6) is 0 Å². The number of rotatable bonds is 6. The van der Waals surface area contributed by atoms with E-state index in [-0.39, 0.29) is 22.9 Å². The third-order valence-electron chi connectivity index (χ3n) is 3.91. The summed E-state index contributed by atoms with van der Waals surface area (Å²) in [6, 6.07) is 6.63. The molecule has 3 N–H and O–H groups in total. The first-order valence-corrected chi connectivity index (χ1v) is 8.97. The second-order valence-corrected chi connectivity index (χ2v) is 7.45. The van der Waals surface area contributed by atoms with E-state index in [0.717, 1.165) is 24.9 Å². The maximum absolute atomic E-state index is 12.0. The molecule has 1 fully saturated rings. The van der Waals surface area contributed by atoms with E-state index in [1.54, 1.807) is 12.1 Å². The number of hydrogen-bond acceptors (Lipinski definition) is 4. The van der Waals surface area contributed by atoms with E-state index in [0.29, 0.717) is 6.42 Å². The molecule has 0 radical (unpaired) electrons. The SMILES string of the molecule is CNS(=O)(=O)c1cccc(C(C)NC(=O)CC2CCCN2)c1. The summed E-state index contributed by atoms with van der Waals surface area (Å²) in [5.74, 6) is -0.0197. The van der Waals surface area contributed by atoms with Crippen molar-refractivity contribution >= 4 is 15.9 Å². The lowest BCUT2D eigenvalue weighted by atomic mass is 10.1. The minimum atomic E-state index is -3.47. The van der Waals surface area contributed by atoms with Gasteiger partial charge in [-0.25, -0.2) is 13.1 Å². The Hall–Kier alpha value is -1.44. The number of carbonyl (C=O) groups excluding carboxylic acids is 1. The normalized spacial score (nSPS) is 19.8. The van der Waals surface area contributed by atoms with Gasteiger partial charge in [-0.15, -0.1) is 0 Å². The van der Waals surface area contributed by atoms with Crippen LogP contribution in [0.4, 0.5) is 0 Å². The average molecular weight is 325 g/mol. The highest BCUT2D eigenvalue weighted by Gasteiger charge is 2.19. The predicted molar refractivity (Wildman–Crippen MR) is 84.9 cm³/mol. The van der Waals surface area contributed by atoms with Crippen LogP contribution in [0.15, 0.2) is 29.2 Å². The van der Waals surface area contributed by atoms with Gasteiger partial charge in [0.25, 0.3) is 0 Å². The Morgan fingerprint density at radius 2 is 2.23 bits per heavy atom. The van der Waals surface area contributed by atoms with Crippen LogP contribution in [0.25, 0.3) is 0 Å². The van der Waals surface area contributed by atoms with Crippen molar-refractivity contribution in [1.29, 1.82) is 0 Å². The smallest absolute Gasteiger partial charge is 0.240 e. The molecule has 1 aliphatic heterocycles. The van der Waals surface area contributed by atoms with Gasteiger partial charge in [0.15, 0.2) is 0 Å². The monoisotopic (exact) mass is 325 g/mol. The molecular formula is C15H23N3O3S. The minimum Gasteiger partial charge on any atom is -0.350 e. The molecule has 2 atom stereocenters. The summed E-state index contributed by atoms with van der Waals surface area (Å²) in [4.78, 5) is 12.2. The molecule has 122 valence electrons. The van der Waals surface area contributed by atoms with Gasteiger partial charge in [0.05, 0.1) is 10.9 Å². The minimum absolute atomic E-state index is 0.0197. The van der Waals surface area contributed by atoms with Crippen LogP contribution in [-0.2, 0) is 14.8 Å². The van der Waals surface area contributed by atoms with Crippen molar-refractivity contribution in [3.63, 3.8) is 0 Å². The fourth-order valence-corrected chi connectivity index (χ4v) is 3.39. The Morgan fingerprint density at radius 1 is 1.45 bits per heavy atom. The van der Waals surface area contributed by atoms with Crippen molar-refractivity contribution < 1.29 is 13.2 Å². The van der Waals surface area contributed by atoms with Gasteiger partial charge in [0.1, 0.15) is 0 Å². The zero-order chi connectivity index (χ0) is 16.2. The van der Waals surface area contributed by atoms with Gasteiger partial charge in [-0.3, -0.25) is 4.79 Å². The lowest BCUT2D eigenvalue weighted by Gasteiger charge is -2.17. The van der Waals surface area contributed by atoms with Crippen LogP contribution >= 0.6 is 0 Å². The zero-order valence-electron chi connectivity index (χ0n) is 12.9. The van der Waals surface area contributed by atoms with Gasteiger partial charge in [-0.1, -0.05) is 12.1 Å². The van der Waals surface area contributed by atoms with Crippen LogP contribution in [0.1, 0.15) is 37.8 Å². The van der Waals surface area contributed by atoms with Crippen molar-refractivity contribution in [2.24, 2.45) is 0 Å². The van der Waals surface area contributed by atoms with Crippen molar-refractivity contribution in [1.82, 2.24) is 15.4 Å². The highest BCUT2D eigenvalue weighted by atomic mass is 32.2. The Balaban J connectivity index is 2.01. The highest BCUT2D eigenvalue weighted by molar-refractivity contribution is 7.89. The lowest BCUT2D eigenvalue weighted by Crippen LogP contribution is -2.33. The average Bonchev–Trinajstić information content (AvgIpc) is 3.00. The van der Waals surface area contributed by atoms with E-state index in [2.05, 4.69) is 15.4 Å². The largest absolute Gasteiger partial charge is 0.350 e. The van der Waals surface area contributed by atoms with Gasteiger partial charge in [0, 0.05) is 12.5 Å². The fourth-order valence-electron chi connectivity index (χ4n) is 2.61. The van der Waals surface area contributed by atoms with E-state index in [1.807, 2.05) is 13.0 Å². The molecule has 0 spiro atoms. The summed E-state index contributed by atoms with van der Waals surface area (Å²) in [7, 11) is -2.10. The molecule has 6 nitrogen and oxygen atoms in total. The number of amides is 1. The second-order valence-electron chi connectivity index (χ2n) is 5.57. The highest BCUT2D eigenvalue weighted by Crippen LogP contribution is 2.18. The maximum atomic E-state index is 12.0. The topological polar surface area (TPSA) is 87.3 Å². The summed E-state index contributed by atoms with van der Waals surface area (Å²) >= 11 is 0. The van der Waals surface area contributed by atoms with Crippen LogP contribution in [0.2, 0.25) is 0 Å². The third kappa shape index (κ3) is 4.28. The molecule has 0 aliphatic carbocycles. The summed E-state index contributed by atoms with van der Waals surface area (Å²) < 4.78 is 25.9. The van der Waals surface area contributed by atoms with Crippen molar-refractivity contribution in [3.05, 3.63) is 29.8 Å². The molecule has 1 heterocycles. The first-order valence-electron chi connectivity index (χ1n) is 7.48. The first kappa shape index (κ1) is 16.9. The molecule has 2 rings (SSSR count). The lowest BCUT2D eigenvalue weighted by molar-refractivity contribution is -0.122. The standard InChI is InChI=1S/C15H23N3O3S/c1-11(18-15(19)10-13-6-4-8-17-13)12-5-3-7-14(9-12)22(20,21)16-2/h3,5,7,9,11,13,16-17H,4,6,8,10H2,1-2H3,(H,18,19). The Morgan fingerprint density at radius 3 is 2.86 bits per heavy atom. The number of hydrogen-bond donors (Lipinski definition) is 3. The molecule has 7 heteroatoms. The predicted octanol–water partition coefficient (Wildman–Crippen LogP) is 0.914. The fraction of sp³-hybridized carbons (Fsp3) is 0.533. The second kappa shape index (κ2) is 7.21. The van der Waals surface area contributed by atoms with Gasteiger partial charge in [-0.05, 0) is 51.1 Å². The molecule has 22 heavy (non-hydrogen) atoms. The van der Waals surface area contributed by atoms with Crippen molar-refractivity contribution in [2.75, 3.05) is 13.6 Å². The van der Waals surface area contributed by atoms with Crippen LogP contribution < -0.4 is 15.4 Å². The molecule has 1 saturated heterocycles. The van der Waals surface area contributed by atoms with Gasteiger partial charge >= 0.3 is 0 Å². The molecule has 1 aromatic rings. The molecular weight excluding hydrogens is 302 g/mol. The van der Waals surface area contributed by atoms with Crippen LogP contribution in [0, 0.1) is 0 Å². The van der Waals surface area contributed by atoms with Gasteiger partial charge < -0.3 is 10.6 Å². The Bertz CT molecular complexity index is 625. The van der Waals surface area contributed by atoms with Crippen molar-refractivity contribution in [2.45, 2.75) is 43.2 Å². The number of carbonyl (C=O) groups is 1. The molecule has 0 saturated carbocycles. The summed E-state index contributed by atoms with van der Waals surface area (Å²) in [5.41, 5.74) is 0.768. The van der Waals surface area contributed by atoms with Crippen LogP contribution in [0.3, 0.4) is 0 Å². The Kier molecular flexibility index (Phi) is 5.55. The Labute approximate surface area is 131 Å². The summed E-state index contributed by atoms with van der Waals surface area (Å²) in [6.07, 6.45) is 2.59. The van der Waals surface area contributed by atoms with Gasteiger partial charge in [0.2, 0.25) is 15.9 Å². The van der Waals surface area contributed by atoms with E-state index in [4.69, 9.17) is 0 Å². The molecule has 0 aromatic heterocycles. The maximum Gasteiger partial charge on any atom is 0.240 e. The molecule has 1 aliphatic rings. The first-order chi connectivity index (χ1) is 10.4. The van der Waals surface area contributed by atoms with E-state index < -0.39 is 10.0 Å². The van der Waals surface area contributed by atoms with Crippen LogP contribution in [-0.4, -0.2) is 34.0 Å². The zero-order valence-corrected chi connectivity index (χ0v) is 13.7. The van der Waals surface area contributed by atoms with E-state index in [1.165, 1.54) is 13.1 Å². The van der Waals surface area contributed by atoms with Gasteiger partial charge in [-0.2, -0.15) is 0 Å². The summed E-state index contributed by atoms with van der Waals surface area (Å²) in [5, 5.41) is 6.21. The molecule has 0 bridgehead atoms. The number of nitrogens with one attached hydrogen (secondary N) is 3. The number of sulfonamides is 1. The molecule has 1 amide bonds. The third-order valence-corrected chi connectivity index (χ3v) is 5.32. The van der Waals surface area contributed by atoms with E-state index >= 15 is 0 Å². The van der Waals surface area contributed by atoms with E-state index in [9.17, 15) is 13.2 Å².